The van der Waals surface area contributed by atoms with Crippen molar-refractivity contribution in [3.05, 3.63) is 89.5 Å². The largest absolute Gasteiger partial charge is 0.487 e. The van der Waals surface area contributed by atoms with Gasteiger partial charge in [-0.05, 0) is 67.4 Å². The zero-order valence-electron chi connectivity index (χ0n) is 18.8. The van der Waals surface area contributed by atoms with Gasteiger partial charge in [-0.3, -0.25) is 0 Å². The van der Waals surface area contributed by atoms with Crippen molar-refractivity contribution in [1.82, 2.24) is 5.43 Å². The van der Waals surface area contributed by atoms with Crippen LogP contribution in [0.3, 0.4) is 0 Å². The first kappa shape index (κ1) is 23.2. The van der Waals surface area contributed by atoms with Crippen molar-refractivity contribution in [1.29, 1.82) is 0 Å². The van der Waals surface area contributed by atoms with Crippen LogP contribution >= 0.6 is 0 Å². The van der Waals surface area contributed by atoms with Gasteiger partial charge in [0.2, 0.25) is 0 Å². The molecule has 1 aliphatic heterocycles. The number of anilines is 1. The van der Waals surface area contributed by atoms with Crippen LogP contribution in [0.1, 0.15) is 30.5 Å². The number of carbonyl (C=O) groups excluding carboxylic acids is 1. The van der Waals surface area contributed by atoms with Crippen molar-refractivity contribution in [2.45, 2.75) is 38.9 Å². The number of halogens is 2. The van der Waals surface area contributed by atoms with E-state index in [1.54, 1.807) is 18.2 Å². The number of urea groups is 1. The number of rotatable bonds is 7. The minimum atomic E-state index is -2.90. The maximum absolute atomic E-state index is 12.5. The number of fused-ring (bicyclic) bond motifs is 1. The van der Waals surface area contributed by atoms with E-state index in [1.807, 2.05) is 56.3 Å². The second-order valence-corrected chi connectivity index (χ2v) is 8.55. The van der Waals surface area contributed by atoms with E-state index in [2.05, 4.69) is 20.6 Å². The van der Waals surface area contributed by atoms with Crippen molar-refractivity contribution in [3.8, 4) is 11.5 Å². The molecular weight excluding hydrogens is 440 g/mol. The van der Waals surface area contributed by atoms with Crippen LogP contribution in [0, 0.1) is 0 Å². The molecule has 1 heterocycles. The highest BCUT2D eigenvalue weighted by molar-refractivity contribution is 6.03. The highest BCUT2D eigenvalue weighted by Crippen LogP contribution is 2.36. The quantitative estimate of drug-likeness (QED) is 0.344. The summed E-state index contributed by atoms with van der Waals surface area (Å²) >= 11 is 0. The minimum Gasteiger partial charge on any atom is -0.487 e. The van der Waals surface area contributed by atoms with Crippen LogP contribution in [-0.4, -0.2) is 24.0 Å². The van der Waals surface area contributed by atoms with E-state index in [9.17, 15) is 13.6 Å². The van der Waals surface area contributed by atoms with Gasteiger partial charge in [-0.1, -0.05) is 30.3 Å². The molecule has 176 valence electrons. The summed E-state index contributed by atoms with van der Waals surface area (Å²) in [6.45, 7) is 1.13. The number of amides is 2. The van der Waals surface area contributed by atoms with E-state index in [4.69, 9.17) is 4.74 Å². The van der Waals surface area contributed by atoms with Gasteiger partial charge in [0.1, 0.15) is 17.1 Å². The van der Waals surface area contributed by atoms with Crippen molar-refractivity contribution in [2.75, 3.05) is 5.32 Å². The van der Waals surface area contributed by atoms with Gasteiger partial charge in [0.15, 0.2) is 0 Å². The molecule has 0 aromatic heterocycles. The Kier molecular flexibility index (Phi) is 6.77. The van der Waals surface area contributed by atoms with Gasteiger partial charge in [0, 0.05) is 24.1 Å². The zero-order chi connectivity index (χ0) is 24.1. The first-order chi connectivity index (χ1) is 16.3. The number of nitrogens with one attached hydrogen (secondary N) is 2. The predicted octanol–water partition coefficient (Wildman–Crippen LogP) is 5.77. The van der Waals surface area contributed by atoms with Crippen LogP contribution in [0.2, 0.25) is 0 Å². The number of ether oxygens (including phenoxy) is 2. The average molecular weight is 466 g/mol. The Balaban J connectivity index is 1.48. The van der Waals surface area contributed by atoms with E-state index in [1.165, 1.54) is 12.1 Å². The van der Waals surface area contributed by atoms with Gasteiger partial charge >= 0.3 is 12.6 Å². The first-order valence-electron chi connectivity index (χ1n) is 10.8. The lowest BCUT2D eigenvalue weighted by Gasteiger charge is -2.16. The van der Waals surface area contributed by atoms with Crippen molar-refractivity contribution < 1.29 is 23.0 Å². The topological polar surface area (TPSA) is 72.0 Å². The molecule has 8 heteroatoms. The lowest BCUT2D eigenvalue weighted by atomic mass is 10.0. The molecule has 0 radical (unpaired) electrons. The van der Waals surface area contributed by atoms with Gasteiger partial charge in [0.05, 0.1) is 5.71 Å². The summed E-state index contributed by atoms with van der Waals surface area (Å²) in [5, 5.41) is 7.10. The molecule has 0 unspecified atom stereocenters. The number of carbonyl (C=O) groups is 1. The third-order valence-corrected chi connectivity index (χ3v) is 5.24. The van der Waals surface area contributed by atoms with E-state index >= 15 is 0 Å². The Bertz CT molecular complexity index is 1180. The summed E-state index contributed by atoms with van der Waals surface area (Å²) in [4.78, 5) is 12.5. The fraction of sp³-hybridized carbons (Fsp3) is 0.231. The Morgan fingerprint density at radius 3 is 2.53 bits per heavy atom. The Hall–Kier alpha value is -3.94. The summed E-state index contributed by atoms with van der Waals surface area (Å²) in [6, 6.07) is 20.7. The highest BCUT2D eigenvalue weighted by atomic mass is 19.3. The van der Waals surface area contributed by atoms with E-state index in [-0.39, 0.29) is 11.4 Å². The Labute approximate surface area is 196 Å². The van der Waals surface area contributed by atoms with Gasteiger partial charge < -0.3 is 14.8 Å². The van der Waals surface area contributed by atoms with Crippen LogP contribution in [0.4, 0.5) is 19.3 Å². The molecule has 3 aromatic carbocycles. The van der Waals surface area contributed by atoms with E-state index in [0.29, 0.717) is 23.4 Å². The monoisotopic (exact) mass is 465 g/mol. The van der Waals surface area contributed by atoms with Crippen molar-refractivity contribution in [3.63, 3.8) is 0 Å². The number of hydrogen-bond acceptors (Lipinski definition) is 4. The second-order valence-electron chi connectivity index (χ2n) is 8.55. The van der Waals surface area contributed by atoms with Gasteiger partial charge in [-0.2, -0.15) is 13.9 Å². The molecule has 0 saturated carbocycles. The average Bonchev–Trinajstić information content (AvgIpc) is 3.10. The molecule has 3 aromatic rings. The second kappa shape index (κ2) is 9.91. The fourth-order valence-corrected chi connectivity index (χ4v) is 3.79. The number of nitrogens with zero attached hydrogens (tertiary/aromatic N) is 1. The van der Waals surface area contributed by atoms with Crippen molar-refractivity contribution in [2.24, 2.45) is 5.10 Å². The summed E-state index contributed by atoms with van der Waals surface area (Å²) in [5.41, 5.74) is 6.15. The van der Waals surface area contributed by atoms with Gasteiger partial charge in [-0.25, -0.2) is 10.2 Å². The normalized spacial score (nSPS) is 14.3. The SMILES string of the molecule is CC1(C)Cc2cc(NC(=O)N/N=C(\Cc3ccccc3)c3ccc(OC(F)F)cc3)ccc2O1. The molecule has 0 aliphatic carbocycles. The standard InChI is InChI=1S/C26H25F2N3O3/c1-26(2)16-19-15-20(10-13-23(19)34-26)29-25(32)31-30-22(14-17-6-4-3-5-7-17)18-8-11-21(12-9-18)33-24(27)28/h3-13,15,24H,14,16H2,1-2H3,(H2,29,31,32)/b30-22+. The Morgan fingerprint density at radius 1 is 1.09 bits per heavy atom. The number of hydrazone groups is 1. The fourth-order valence-electron chi connectivity index (χ4n) is 3.79. The highest BCUT2D eigenvalue weighted by Gasteiger charge is 2.30. The van der Waals surface area contributed by atoms with E-state index in [0.717, 1.165) is 23.3 Å². The van der Waals surface area contributed by atoms with Crippen LogP contribution in [0.5, 0.6) is 11.5 Å². The third-order valence-electron chi connectivity index (χ3n) is 5.24. The number of hydrogen-bond donors (Lipinski definition) is 2. The van der Waals surface area contributed by atoms with Gasteiger partial charge in [-0.15, -0.1) is 0 Å². The summed E-state index contributed by atoms with van der Waals surface area (Å²) in [5.74, 6) is 0.866. The van der Waals surface area contributed by atoms with Crippen LogP contribution in [0.25, 0.3) is 0 Å². The van der Waals surface area contributed by atoms with Crippen LogP contribution in [-0.2, 0) is 12.8 Å². The smallest absolute Gasteiger partial charge is 0.387 e. The molecule has 0 spiro atoms. The molecular formula is C26H25F2N3O3. The molecule has 4 rings (SSSR count). The van der Waals surface area contributed by atoms with Crippen LogP contribution < -0.4 is 20.2 Å². The molecule has 0 fully saturated rings. The molecule has 2 N–H and O–H groups in total. The van der Waals surface area contributed by atoms with Crippen molar-refractivity contribution >= 4 is 17.4 Å². The summed E-state index contributed by atoms with van der Waals surface area (Å²) in [7, 11) is 0. The predicted molar refractivity (Wildman–Crippen MR) is 127 cm³/mol. The molecule has 0 saturated heterocycles. The lowest BCUT2D eigenvalue weighted by molar-refractivity contribution is -0.0498. The van der Waals surface area contributed by atoms with Crippen LogP contribution in [0.15, 0.2) is 77.9 Å². The first-order valence-corrected chi connectivity index (χ1v) is 10.8. The maximum Gasteiger partial charge on any atom is 0.387 e. The molecule has 34 heavy (non-hydrogen) atoms. The molecule has 0 bridgehead atoms. The molecule has 6 nitrogen and oxygen atoms in total. The summed E-state index contributed by atoms with van der Waals surface area (Å²) in [6.07, 6.45) is 1.19. The third kappa shape index (κ3) is 6.10. The summed E-state index contributed by atoms with van der Waals surface area (Å²) < 4.78 is 35.2. The minimum absolute atomic E-state index is 0.0484. The van der Waals surface area contributed by atoms with Gasteiger partial charge in [0.25, 0.3) is 0 Å². The maximum atomic E-state index is 12.5. The number of benzene rings is 3. The Morgan fingerprint density at radius 2 is 1.82 bits per heavy atom. The van der Waals surface area contributed by atoms with E-state index < -0.39 is 12.6 Å². The number of alkyl halides is 2. The zero-order valence-corrected chi connectivity index (χ0v) is 18.8. The molecule has 0 atom stereocenters. The molecule has 2 amide bonds. The molecule has 1 aliphatic rings. The lowest BCUT2D eigenvalue weighted by Crippen LogP contribution is -2.26.